The van der Waals surface area contributed by atoms with Crippen molar-refractivity contribution in [2.45, 2.75) is 11.2 Å². The first-order valence-corrected chi connectivity index (χ1v) is 8.27. The van der Waals surface area contributed by atoms with Crippen LogP contribution in [0.4, 0.5) is 0 Å². The summed E-state index contributed by atoms with van der Waals surface area (Å²) < 4.78 is 2.03. The summed E-state index contributed by atoms with van der Waals surface area (Å²) in [5.41, 5.74) is 2.47. The van der Waals surface area contributed by atoms with E-state index in [1.165, 1.54) is 11.1 Å². The first kappa shape index (κ1) is 14.6. The molecule has 0 aromatic heterocycles. The average Bonchev–Trinajstić information content (AvgIpc) is 2.32. The van der Waals surface area contributed by atoms with E-state index in [1.807, 2.05) is 24.3 Å². The van der Waals surface area contributed by atoms with Crippen LogP contribution in [-0.4, -0.2) is 0 Å². The molecular formula is C14H10Br3Cl. The number of rotatable bonds is 3. The fraction of sp³-hybridized carbons (Fsp3) is 0.143. The highest BCUT2D eigenvalue weighted by molar-refractivity contribution is 9.11. The molecule has 18 heavy (non-hydrogen) atoms. The fourth-order valence-corrected chi connectivity index (χ4v) is 3.24. The lowest BCUT2D eigenvalue weighted by molar-refractivity contribution is 0.947. The van der Waals surface area contributed by atoms with Crippen LogP contribution in [-0.2, 0) is 6.42 Å². The molecule has 0 nitrogen and oxygen atoms in total. The van der Waals surface area contributed by atoms with Crippen LogP contribution in [0.3, 0.4) is 0 Å². The molecule has 0 saturated carbocycles. The summed E-state index contributed by atoms with van der Waals surface area (Å²) in [5.74, 6) is 0. The predicted molar refractivity (Wildman–Crippen MR) is 88.7 cm³/mol. The van der Waals surface area contributed by atoms with Crippen LogP contribution in [0.5, 0.6) is 0 Å². The third-order valence-electron chi connectivity index (χ3n) is 2.61. The van der Waals surface area contributed by atoms with Crippen molar-refractivity contribution in [2.24, 2.45) is 0 Å². The van der Waals surface area contributed by atoms with Gasteiger partial charge in [0.1, 0.15) is 0 Å². The highest BCUT2D eigenvalue weighted by Gasteiger charge is 2.10. The Kier molecular flexibility index (Phi) is 5.31. The molecule has 4 heteroatoms. The van der Waals surface area contributed by atoms with Gasteiger partial charge in [-0.2, -0.15) is 0 Å². The summed E-state index contributed by atoms with van der Waals surface area (Å²) in [6.07, 6.45) is 0.928. The van der Waals surface area contributed by atoms with Gasteiger partial charge in [-0.05, 0) is 57.7 Å². The van der Waals surface area contributed by atoms with Crippen molar-refractivity contribution < 1.29 is 0 Å². The Morgan fingerprint density at radius 3 is 2.50 bits per heavy atom. The van der Waals surface area contributed by atoms with Crippen LogP contribution < -0.4 is 0 Å². The van der Waals surface area contributed by atoms with Crippen LogP contribution in [0.2, 0.25) is 5.02 Å². The number of hydrogen-bond donors (Lipinski definition) is 0. The maximum Gasteiger partial charge on any atom is 0.0551 e. The lowest BCUT2D eigenvalue weighted by atomic mass is 10.0. The maximum absolute atomic E-state index is 6.11. The molecule has 0 heterocycles. The smallest absolute Gasteiger partial charge is 0.0551 e. The summed E-state index contributed by atoms with van der Waals surface area (Å²) in [7, 11) is 0. The SMILES string of the molecule is Clc1cc(C(Br)Cc2cccc(Br)c2)ccc1Br. The largest absolute Gasteiger partial charge is 0.0835 e. The van der Waals surface area contributed by atoms with Crippen LogP contribution in [0, 0.1) is 0 Å². The van der Waals surface area contributed by atoms with Gasteiger partial charge in [0, 0.05) is 13.8 Å². The van der Waals surface area contributed by atoms with Gasteiger partial charge in [0.2, 0.25) is 0 Å². The minimum atomic E-state index is 0.261. The molecule has 0 aliphatic carbocycles. The molecule has 2 aromatic carbocycles. The zero-order valence-electron chi connectivity index (χ0n) is 9.34. The van der Waals surface area contributed by atoms with E-state index in [-0.39, 0.29) is 4.83 Å². The van der Waals surface area contributed by atoms with Crippen molar-refractivity contribution in [1.82, 2.24) is 0 Å². The van der Waals surface area contributed by atoms with E-state index in [9.17, 15) is 0 Å². The molecule has 0 N–H and O–H groups in total. The summed E-state index contributed by atoms with van der Waals surface area (Å²) in [5, 5.41) is 0.742. The predicted octanol–water partition coefficient (Wildman–Crippen LogP) is 6.54. The lowest BCUT2D eigenvalue weighted by Crippen LogP contribution is -1.95. The Bertz CT molecular complexity index is 554. The molecule has 0 bridgehead atoms. The number of benzene rings is 2. The summed E-state index contributed by atoms with van der Waals surface area (Å²) in [6.45, 7) is 0. The molecule has 0 amide bonds. The molecule has 2 rings (SSSR count). The molecule has 0 spiro atoms. The summed E-state index contributed by atoms with van der Waals surface area (Å²) in [6, 6.07) is 14.4. The first-order valence-electron chi connectivity index (χ1n) is 5.40. The molecule has 1 atom stereocenters. The van der Waals surface area contributed by atoms with E-state index in [4.69, 9.17) is 11.6 Å². The second kappa shape index (κ2) is 6.56. The molecule has 0 saturated heterocycles. The van der Waals surface area contributed by atoms with Gasteiger partial charge in [0.15, 0.2) is 0 Å². The zero-order valence-corrected chi connectivity index (χ0v) is 14.9. The molecule has 0 aliphatic rings. The van der Waals surface area contributed by atoms with Crippen molar-refractivity contribution in [2.75, 3.05) is 0 Å². The second-order valence-electron chi connectivity index (χ2n) is 3.98. The summed E-state index contributed by atoms with van der Waals surface area (Å²) in [4.78, 5) is 0.261. The molecule has 0 aliphatic heterocycles. The van der Waals surface area contributed by atoms with E-state index in [1.54, 1.807) is 0 Å². The van der Waals surface area contributed by atoms with Crippen LogP contribution >= 0.6 is 59.4 Å². The standard InChI is InChI=1S/C14H10Br3Cl/c15-11-3-1-2-9(6-11)7-13(17)10-4-5-12(16)14(18)8-10/h1-6,8,13H,7H2. The van der Waals surface area contributed by atoms with Crippen molar-refractivity contribution >= 4 is 59.4 Å². The zero-order chi connectivity index (χ0) is 13.1. The highest BCUT2D eigenvalue weighted by atomic mass is 79.9. The van der Waals surface area contributed by atoms with Gasteiger partial charge in [-0.25, -0.2) is 0 Å². The molecule has 0 radical (unpaired) electrons. The maximum atomic E-state index is 6.11. The third-order valence-corrected chi connectivity index (χ3v) is 5.19. The van der Waals surface area contributed by atoms with Crippen LogP contribution in [0.15, 0.2) is 51.4 Å². The first-order chi connectivity index (χ1) is 8.56. The van der Waals surface area contributed by atoms with Crippen molar-refractivity contribution in [3.63, 3.8) is 0 Å². The third kappa shape index (κ3) is 3.83. The number of alkyl halides is 1. The quantitative estimate of drug-likeness (QED) is 0.463. The van der Waals surface area contributed by atoms with Gasteiger partial charge in [-0.1, -0.05) is 61.7 Å². The highest BCUT2D eigenvalue weighted by Crippen LogP contribution is 2.32. The Morgan fingerprint density at radius 2 is 1.83 bits per heavy atom. The monoisotopic (exact) mass is 450 g/mol. The van der Waals surface area contributed by atoms with Crippen LogP contribution in [0.25, 0.3) is 0 Å². The van der Waals surface area contributed by atoms with Gasteiger partial charge in [0.25, 0.3) is 0 Å². The Hall–Kier alpha value is 0.170. The van der Waals surface area contributed by atoms with Gasteiger partial charge >= 0.3 is 0 Å². The minimum absolute atomic E-state index is 0.261. The van der Waals surface area contributed by atoms with Crippen molar-refractivity contribution in [1.29, 1.82) is 0 Å². The Morgan fingerprint density at radius 1 is 1.06 bits per heavy atom. The van der Waals surface area contributed by atoms with Gasteiger partial charge in [0.05, 0.1) is 5.02 Å². The topological polar surface area (TPSA) is 0 Å². The molecular weight excluding hydrogens is 443 g/mol. The van der Waals surface area contributed by atoms with E-state index in [2.05, 4.69) is 66.0 Å². The van der Waals surface area contributed by atoms with Gasteiger partial charge in [-0.3, -0.25) is 0 Å². The molecule has 2 aromatic rings. The molecule has 94 valence electrons. The summed E-state index contributed by atoms with van der Waals surface area (Å²) >= 11 is 16.7. The van der Waals surface area contributed by atoms with E-state index in [0.29, 0.717) is 0 Å². The van der Waals surface area contributed by atoms with Crippen molar-refractivity contribution in [3.8, 4) is 0 Å². The second-order valence-corrected chi connectivity index (χ2v) is 7.26. The van der Waals surface area contributed by atoms with Gasteiger partial charge < -0.3 is 0 Å². The molecule has 0 fully saturated rings. The number of halogens is 4. The van der Waals surface area contributed by atoms with E-state index < -0.39 is 0 Å². The van der Waals surface area contributed by atoms with E-state index >= 15 is 0 Å². The van der Waals surface area contributed by atoms with Gasteiger partial charge in [-0.15, -0.1) is 0 Å². The lowest BCUT2D eigenvalue weighted by Gasteiger charge is -2.11. The normalized spacial score (nSPS) is 12.4. The molecule has 1 unspecified atom stereocenters. The Balaban J connectivity index is 2.16. The fourth-order valence-electron chi connectivity index (χ4n) is 1.70. The minimum Gasteiger partial charge on any atom is -0.0835 e. The average molecular weight is 453 g/mol. The van der Waals surface area contributed by atoms with E-state index in [0.717, 1.165) is 20.4 Å². The Labute approximate surface area is 137 Å². The van der Waals surface area contributed by atoms with Crippen LogP contribution in [0.1, 0.15) is 16.0 Å². The number of hydrogen-bond acceptors (Lipinski definition) is 0. The van der Waals surface area contributed by atoms with Crippen molar-refractivity contribution in [3.05, 3.63) is 67.6 Å².